The number of benzene rings is 2. The van der Waals surface area contributed by atoms with E-state index in [9.17, 15) is 22.4 Å². The van der Waals surface area contributed by atoms with Crippen molar-refractivity contribution in [2.24, 2.45) is 0 Å². The first-order valence-corrected chi connectivity index (χ1v) is 12.1. The number of halogens is 1. The Kier molecular flexibility index (Phi) is 8.38. The molecule has 0 spiro atoms. The zero-order chi connectivity index (χ0) is 24.1. The molecule has 0 fully saturated rings. The standard InChI is InChI=1S/C23H30FN3O4S/c1-16(2)25-23(29)18(4)26(14-19-10-12-20(24)13-11-19)22(28)15-27(32(5,30)31)21-9-7-6-8-17(21)3/h6-13,16,18H,14-15H2,1-5H3,(H,25,29)/t18-/m0/s1. The number of carbonyl (C=O) groups excluding carboxylic acids is 2. The molecular weight excluding hydrogens is 433 g/mol. The molecule has 2 aromatic carbocycles. The number of carbonyl (C=O) groups is 2. The fourth-order valence-corrected chi connectivity index (χ4v) is 4.12. The highest BCUT2D eigenvalue weighted by Gasteiger charge is 2.30. The number of hydrogen-bond acceptors (Lipinski definition) is 4. The van der Waals surface area contributed by atoms with Crippen molar-refractivity contribution in [3.63, 3.8) is 0 Å². The van der Waals surface area contributed by atoms with Gasteiger partial charge in [-0.3, -0.25) is 13.9 Å². The van der Waals surface area contributed by atoms with E-state index >= 15 is 0 Å². The average molecular weight is 464 g/mol. The lowest BCUT2D eigenvalue weighted by atomic mass is 10.1. The molecular formula is C23H30FN3O4S. The fourth-order valence-electron chi connectivity index (χ4n) is 3.21. The van der Waals surface area contributed by atoms with Gasteiger partial charge in [0.15, 0.2) is 0 Å². The molecule has 174 valence electrons. The number of sulfonamides is 1. The minimum Gasteiger partial charge on any atom is -0.352 e. The Labute approximate surface area is 189 Å². The Morgan fingerprint density at radius 3 is 2.16 bits per heavy atom. The number of nitrogens with one attached hydrogen (secondary N) is 1. The third-order valence-corrected chi connectivity index (χ3v) is 6.05. The highest BCUT2D eigenvalue weighted by atomic mass is 32.2. The van der Waals surface area contributed by atoms with Crippen molar-refractivity contribution in [1.82, 2.24) is 10.2 Å². The summed E-state index contributed by atoms with van der Waals surface area (Å²) >= 11 is 0. The van der Waals surface area contributed by atoms with Gasteiger partial charge in [0.1, 0.15) is 18.4 Å². The molecule has 0 saturated heterocycles. The van der Waals surface area contributed by atoms with Crippen LogP contribution in [0.15, 0.2) is 48.5 Å². The monoisotopic (exact) mass is 463 g/mol. The number of amides is 2. The van der Waals surface area contributed by atoms with E-state index in [1.54, 1.807) is 52.0 Å². The van der Waals surface area contributed by atoms with E-state index in [-0.39, 0.29) is 18.5 Å². The summed E-state index contributed by atoms with van der Waals surface area (Å²) in [5.41, 5.74) is 1.71. The Hall–Kier alpha value is -2.94. The Morgan fingerprint density at radius 1 is 1.03 bits per heavy atom. The summed E-state index contributed by atoms with van der Waals surface area (Å²) in [4.78, 5) is 27.3. The number of nitrogens with zero attached hydrogens (tertiary/aromatic N) is 2. The van der Waals surface area contributed by atoms with Gasteiger partial charge in [-0.2, -0.15) is 0 Å². The molecule has 0 aliphatic rings. The van der Waals surface area contributed by atoms with Gasteiger partial charge in [0.2, 0.25) is 21.8 Å². The van der Waals surface area contributed by atoms with Gasteiger partial charge >= 0.3 is 0 Å². The van der Waals surface area contributed by atoms with Crippen molar-refractivity contribution < 1.29 is 22.4 Å². The van der Waals surface area contributed by atoms with Crippen molar-refractivity contribution in [1.29, 1.82) is 0 Å². The zero-order valence-electron chi connectivity index (χ0n) is 19.0. The van der Waals surface area contributed by atoms with Crippen molar-refractivity contribution in [2.75, 3.05) is 17.1 Å². The maximum Gasteiger partial charge on any atom is 0.244 e. The van der Waals surface area contributed by atoms with Crippen molar-refractivity contribution in [2.45, 2.75) is 46.3 Å². The summed E-state index contributed by atoms with van der Waals surface area (Å²) in [6.07, 6.45) is 1.03. The number of aryl methyl sites for hydroxylation is 1. The fraction of sp³-hybridized carbons (Fsp3) is 0.391. The molecule has 9 heteroatoms. The van der Waals surface area contributed by atoms with Crippen LogP contribution in [0.3, 0.4) is 0 Å². The van der Waals surface area contributed by atoms with Gasteiger partial charge < -0.3 is 10.2 Å². The summed E-state index contributed by atoms with van der Waals surface area (Å²) < 4.78 is 39.4. The molecule has 32 heavy (non-hydrogen) atoms. The molecule has 0 bridgehead atoms. The largest absolute Gasteiger partial charge is 0.352 e. The van der Waals surface area contributed by atoms with Gasteiger partial charge in [-0.15, -0.1) is 0 Å². The first-order chi connectivity index (χ1) is 14.9. The molecule has 7 nitrogen and oxygen atoms in total. The Bertz CT molecular complexity index is 1060. The molecule has 2 rings (SSSR count). The second-order valence-electron chi connectivity index (χ2n) is 8.04. The number of hydrogen-bond donors (Lipinski definition) is 1. The van der Waals surface area contributed by atoms with Gasteiger partial charge in [0, 0.05) is 12.6 Å². The van der Waals surface area contributed by atoms with Crippen LogP contribution in [-0.2, 0) is 26.2 Å². The third-order valence-electron chi connectivity index (χ3n) is 4.93. The van der Waals surface area contributed by atoms with E-state index in [1.807, 2.05) is 0 Å². The van der Waals surface area contributed by atoms with Gasteiger partial charge in [0.05, 0.1) is 11.9 Å². The van der Waals surface area contributed by atoms with Crippen LogP contribution in [0.5, 0.6) is 0 Å². The van der Waals surface area contributed by atoms with Crippen LogP contribution >= 0.6 is 0 Å². The number of anilines is 1. The molecule has 0 aliphatic carbocycles. The lowest BCUT2D eigenvalue weighted by Crippen LogP contribution is -2.52. The van der Waals surface area contributed by atoms with Crippen LogP contribution in [0, 0.1) is 12.7 Å². The molecule has 0 saturated carbocycles. The maximum atomic E-state index is 13.4. The van der Waals surface area contributed by atoms with Gasteiger partial charge in [-0.1, -0.05) is 30.3 Å². The van der Waals surface area contributed by atoms with Crippen LogP contribution < -0.4 is 9.62 Å². The summed E-state index contributed by atoms with van der Waals surface area (Å²) in [7, 11) is -3.78. The van der Waals surface area contributed by atoms with E-state index < -0.39 is 34.3 Å². The summed E-state index contributed by atoms with van der Waals surface area (Å²) in [6, 6.07) is 11.5. The molecule has 0 unspecified atom stereocenters. The lowest BCUT2D eigenvalue weighted by Gasteiger charge is -2.32. The van der Waals surface area contributed by atoms with E-state index in [1.165, 1.54) is 29.2 Å². The Balaban J connectivity index is 2.39. The second kappa shape index (κ2) is 10.6. The second-order valence-corrected chi connectivity index (χ2v) is 9.95. The molecule has 0 radical (unpaired) electrons. The Morgan fingerprint density at radius 2 is 1.62 bits per heavy atom. The molecule has 1 atom stereocenters. The summed E-state index contributed by atoms with van der Waals surface area (Å²) in [5, 5.41) is 2.77. The van der Waals surface area contributed by atoms with E-state index in [2.05, 4.69) is 5.32 Å². The smallest absolute Gasteiger partial charge is 0.244 e. The van der Waals surface area contributed by atoms with Crippen LogP contribution in [0.25, 0.3) is 0 Å². The zero-order valence-corrected chi connectivity index (χ0v) is 19.8. The molecule has 2 aromatic rings. The van der Waals surface area contributed by atoms with E-state index in [0.29, 0.717) is 16.8 Å². The van der Waals surface area contributed by atoms with Gasteiger partial charge in [0.25, 0.3) is 0 Å². The SMILES string of the molecule is Cc1ccccc1N(CC(=O)N(Cc1ccc(F)cc1)[C@@H](C)C(=O)NC(C)C)S(C)(=O)=O. The van der Waals surface area contributed by atoms with Crippen molar-refractivity contribution in [3.8, 4) is 0 Å². The molecule has 2 amide bonds. The highest BCUT2D eigenvalue weighted by molar-refractivity contribution is 7.92. The third kappa shape index (κ3) is 6.78. The van der Waals surface area contributed by atoms with E-state index in [4.69, 9.17) is 0 Å². The molecule has 1 N–H and O–H groups in total. The quantitative estimate of drug-likeness (QED) is 0.620. The first-order valence-electron chi connectivity index (χ1n) is 10.3. The van der Waals surface area contributed by atoms with Gasteiger partial charge in [-0.25, -0.2) is 12.8 Å². The minimum atomic E-state index is -3.78. The molecule has 0 aromatic heterocycles. The van der Waals surface area contributed by atoms with Gasteiger partial charge in [-0.05, 0) is 57.0 Å². The first kappa shape index (κ1) is 25.3. The average Bonchev–Trinajstić information content (AvgIpc) is 2.70. The van der Waals surface area contributed by atoms with Crippen LogP contribution in [0.2, 0.25) is 0 Å². The minimum absolute atomic E-state index is 0.0250. The maximum absolute atomic E-state index is 13.4. The summed E-state index contributed by atoms with van der Waals surface area (Å²) in [5.74, 6) is -1.33. The predicted octanol–water partition coefficient (Wildman–Crippen LogP) is 2.84. The molecule has 0 aliphatic heterocycles. The van der Waals surface area contributed by atoms with Crippen LogP contribution in [0.4, 0.5) is 10.1 Å². The lowest BCUT2D eigenvalue weighted by molar-refractivity contribution is -0.139. The summed E-state index contributed by atoms with van der Waals surface area (Å²) in [6.45, 7) is 6.51. The normalized spacial score (nSPS) is 12.3. The number of para-hydroxylation sites is 1. The predicted molar refractivity (Wildman–Crippen MR) is 123 cm³/mol. The topological polar surface area (TPSA) is 86.8 Å². The number of rotatable bonds is 9. The van der Waals surface area contributed by atoms with Crippen molar-refractivity contribution >= 4 is 27.5 Å². The van der Waals surface area contributed by atoms with Crippen LogP contribution in [-0.4, -0.2) is 50.0 Å². The highest BCUT2D eigenvalue weighted by Crippen LogP contribution is 2.23. The van der Waals surface area contributed by atoms with Crippen LogP contribution in [0.1, 0.15) is 31.9 Å². The van der Waals surface area contributed by atoms with E-state index in [0.717, 1.165) is 10.6 Å². The van der Waals surface area contributed by atoms with Crippen molar-refractivity contribution in [3.05, 3.63) is 65.5 Å². The molecule has 0 heterocycles.